The van der Waals surface area contributed by atoms with Gasteiger partial charge in [-0.3, -0.25) is 4.79 Å². The summed E-state index contributed by atoms with van der Waals surface area (Å²) < 4.78 is 67.5. The maximum atomic E-state index is 13.0. The summed E-state index contributed by atoms with van der Waals surface area (Å²) in [6.07, 6.45) is -5.66. The van der Waals surface area contributed by atoms with Crippen LogP contribution >= 0.6 is 11.6 Å². The molecule has 1 aromatic carbocycles. The molecule has 8 heteroatoms. The van der Waals surface area contributed by atoms with Crippen LogP contribution in [0.3, 0.4) is 0 Å². The van der Waals surface area contributed by atoms with Crippen molar-refractivity contribution >= 4 is 17.4 Å². The van der Waals surface area contributed by atoms with Crippen LogP contribution in [0.5, 0.6) is 5.75 Å². The molecule has 0 aromatic heterocycles. The average Bonchev–Trinajstić information content (AvgIpc) is 2.72. The summed E-state index contributed by atoms with van der Waals surface area (Å²) in [4.78, 5) is 11.4. The van der Waals surface area contributed by atoms with Crippen LogP contribution in [0, 0.1) is 0 Å². The zero-order valence-electron chi connectivity index (χ0n) is 9.15. The van der Waals surface area contributed by atoms with Crippen LogP contribution in [0.2, 0.25) is 5.02 Å². The van der Waals surface area contributed by atoms with Crippen molar-refractivity contribution in [1.82, 2.24) is 0 Å². The molecule has 1 aliphatic rings. The Labute approximate surface area is 109 Å². The number of fused-ring (bicyclic) bond motifs is 1. The molecule has 0 N–H and O–H groups in total. The van der Waals surface area contributed by atoms with Gasteiger partial charge in [0.25, 0.3) is 0 Å². The number of halogens is 6. The molecular weight excluding hydrogens is 295 g/mol. The zero-order chi connectivity index (χ0) is 14.4. The first kappa shape index (κ1) is 14.0. The number of alkyl halides is 5. The molecule has 104 valence electrons. The van der Waals surface area contributed by atoms with Crippen molar-refractivity contribution in [2.45, 2.75) is 18.5 Å². The summed E-state index contributed by atoms with van der Waals surface area (Å²) in [5.41, 5.74) is -0.504. The van der Waals surface area contributed by atoms with Crippen molar-refractivity contribution in [3.05, 3.63) is 28.3 Å². The maximum Gasteiger partial charge on any atom is 0.461 e. The molecule has 0 unspecified atom stereocenters. The Balaban J connectivity index is 2.52. The maximum absolute atomic E-state index is 13.0. The first-order valence-electron chi connectivity index (χ1n) is 5.09. The molecule has 0 radical (unpaired) electrons. The third-order valence-electron chi connectivity index (χ3n) is 2.63. The summed E-state index contributed by atoms with van der Waals surface area (Å²) in [5, 5.41) is -0.0921. The van der Waals surface area contributed by atoms with E-state index in [1.165, 1.54) is 6.07 Å². The standard InChI is InChI=1S/C11H6ClF5O2/c12-6-3-5-1-2-19-8(5)7(4-6)9(18)10(13,14)11(15,16)17/h3-4H,1-2H2. The molecule has 0 aliphatic carbocycles. The van der Waals surface area contributed by atoms with E-state index in [0.717, 1.165) is 6.07 Å². The normalized spacial score (nSPS) is 15.1. The molecule has 0 bridgehead atoms. The Morgan fingerprint density at radius 2 is 1.84 bits per heavy atom. The van der Waals surface area contributed by atoms with Gasteiger partial charge in [-0.05, 0) is 17.7 Å². The van der Waals surface area contributed by atoms with Crippen LogP contribution in [0.1, 0.15) is 15.9 Å². The van der Waals surface area contributed by atoms with E-state index >= 15 is 0 Å². The van der Waals surface area contributed by atoms with Gasteiger partial charge < -0.3 is 4.74 Å². The predicted octanol–water partition coefficient (Wildman–Crippen LogP) is 3.66. The first-order valence-corrected chi connectivity index (χ1v) is 5.47. The fourth-order valence-electron chi connectivity index (χ4n) is 1.74. The predicted molar refractivity (Wildman–Crippen MR) is 56.0 cm³/mol. The third-order valence-corrected chi connectivity index (χ3v) is 2.85. The van der Waals surface area contributed by atoms with E-state index in [0.29, 0.717) is 12.0 Å². The lowest BCUT2D eigenvalue weighted by Crippen LogP contribution is -2.44. The van der Waals surface area contributed by atoms with Gasteiger partial charge in [0, 0.05) is 11.4 Å². The lowest BCUT2D eigenvalue weighted by molar-refractivity contribution is -0.255. The molecular formula is C11H6ClF5O2. The number of ketones is 1. The van der Waals surface area contributed by atoms with Gasteiger partial charge in [0.1, 0.15) is 5.75 Å². The second-order valence-electron chi connectivity index (χ2n) is 3.94. The minimum Gasteiger partial charge on any atom is -0.492 e. The fourth-order valence-corrected chi connectivity index (χ4v) is 1.98. The van der Waals surface area contributed by atoms with Crippen molar-refractivity contribution in [1.29, 1.82) is 0 Å². The Bertz CT molecular complexity index is 539. The molecule has 0 atom stereocenters. The minimum atomic E-state index is -5.96. The van der Waals surface area contributed by atoms with Gasteiger partial charge in [0.2, 0.25) is 5.78 Å². The smallest absolute Gasteiger partial charge is 0.461 e. The molecule has 1 aromatic rings. The third kappa shape index (κ3) is 2.27. The van der Waals surface area contributed by atoms with E-state index in [9.17, 15) is 26.7 Å². The van der Waals surface area contributed by atoms with E-state index in [2.05, 4.69) is 0 Å². The summed E-state index contributed by atoms with van der Waals surface area (Å²) in [5.74, 6) is -8.09. The van der Waals surface area contributed by atoms with Crippen molar-refractivity contribution in [3.63, 3.8) is 0 Å². The van der Waals surface area contributed by atoms with Crippen molar-refractivity contribution in [2.24, 2.45) is 0 Å². The van der Waals surface area contributed by atoms with Crippen molar-refractivity contribution in [2.75, 3.05) is 6.61 Å². The molecule has 1 aliphatic heterocycles. The van der Waals surface area contributed by atoms with Crippen molar-refractivity contribution < 1.29 is 31.5 Å². The number of hydrogen-bond donors (Lipinski definition) is 0. The number of carbonyl (C=O) groups is 1. The van der Waals surface area contributed by atoms with Crippen LogP contribution < -0.4 is 4.74 Å². The summed E-state index contributed by atoms with van der Waals surface area (Å²) in [6.45, 7) is 0.105. The average molecular weight is 301 g/mol. The minimum absolute atomic E-state index is 0.0921. The van der Waals surface area contributed by atoms with Gasteiger partial charge in [-0.25, -0.2) is 0 Å². The Morgan fingerprint density at radius 3 is 2.42 bits per heavy atom. The van der Waals surface area contributed by atoms with Crippen LogP contribution in [-0.2, 0) is 6.42 Å². The Morgan fingerprint density at radius 1 is 1.21 bits per heavy atom. The molecule has 0 amide bonds. The number of benzene rings is 1. The topological polar surface area (TPSA) is 26.3 Å². The summed E-state index contributed by atoms with van der Waals surface area (Å²) in [6, 6.07) is 2.13. The number of rotatable bonds is 2. The summed E-state index contributed by atoms with van der Waals surface area (Å²) in [7, 11) is 0. The van der Waals surface area contributed by atoms with E-state index in [4.69, 9.17) is 16.3 Å². The molecule has 19 heavy (non-hydrogen) atoms. The molecule has 0 saturated carbocycles. The number of carbonyl (C=O) groups excluding carboxylic acids is 1. The number of hydrogen-bond acceptors (Lipinski definition) is 2. The molecule has 2 rings (SSSR count). The van der Waals surface area contributed by atoms with Gasteiger partial charge in [-0.15, -0.1) is 0 Å². The van der Waals surface area contributed by atoms with Crippen LogP contribution in [-0.4, -0.2) is 24.5 Å². The highest BCUT2D eigenvalue weighted by atomic mass is 35.5. The van der Waals surface area contributed by atoms with Crippen LogP contribution in [0.15, 0.2) is 12.1 Å². The lowest BCUT2D eigenvalue weighted by Gasteiger charge is -2.19. The molecule has 1 heterocycles. The van der Waals surface area contributed by atoms with Gasteiger partial charge in [0.05, 0.1) is 12.2 Å². The van der Waals surface area contributed by atoms with Crippen LogP contribution in [0.4, 0.5) is 22.0 Å². The van der Waals surface area contributed by atoms with Crippen molar-refractivity contribution in [3.8, 4) is 5.75 Å². The van der Waals surface area contributed by atoms with Gasteiger partial charge in [0.15, 0.2) is 0 Å². The quantitative estimate of drug-likeness (QED) is 0.615. The number of Topliss-reactive ketones (excluding diaryl/α,β-unsaturated/α-hetero) is 1. The zero-order valence-corrected chi connectivity index (χ0v) is 9.91. The highest BCUT2D eigenvalue weighted by Gasteiger charge is 2.63. The van der Waals surface area contributed by atoms with Gasteiger partial charge in [-0.1, -0.05) is 11.6 Å². The Kier molecular flexibility index (Phi) is 3.20. The fraction of sp³-hybridized carbons (Fsp3) is 0.364. The molecule has 0 fully saturated rings. The highest BCUT2D eigenvalue weighted by molar-refractivity contribution is 6.31. The first-order chi connectivity index (χ1) is 8.64. The van der Waals surface area contributed by atoms with E-state index in [-0.39, 0.29) is 17.4 Å². The molecule has 0 saturated heterocycles. The summed E-state index contributed by atoms with van der Waals surface area (Å²) >= 11 is 5.60. The highest BCUT2D eigenvalue weighted by Crippen LogP contribution is 2.42. The van der Waals surface area contributed by atoms with E-state index in [1.807, 2.05) is 0 Å². The molecule has 0 spiro atoms. The molecule has 2 nitrogen and oxygen atoms in total. The second-order valence-corrected chi connectivity index (χ2v) is 4.38. The SMILES string of the molecule is O=C(c1cc(Cl)cc2c1OCC2)C(F)(F)C(F)(F)F. The largest absolute Gasteiger partial charge is 0.492 e. The van der Waals surface area contributed by atoms with E-state index in [1.54, 1.807) is 0 Å². The van der Waals surface area contributed by atoms with Crippen LogP contribution in [0.25, 0.3) is 0 Å². The van der Waals surface area contributed by atoms with E-state index < -0.39 is 23.4 Å². The Hall–Kier alpha value is -1.37. The monoisotopic (exact) mass is 300 g/mol. The second kappa shape index (κ2) is 4.33. The number of ether oxygens (including phenoxy) is 1. The van der Waals surface area contributed by atoms with Gasteiger partial charge >= 0.3 is 12.1 Å². The lowest BCUT2D eigenvalue weighted by atomic mass is 10.0. The van der Waals surface area contributed by atoms with Gasteiger partial charge in [-0.2, -0.15) is 22.0 Å².